The standard InChI is InChI=1S/C15H21N3O2/c1-4-5-13(16)15(20)17-12-8-6-11(7-9-12)10-14(19)18(2)3/h4,6-9,13H,1,5,10,16H2,2-3H3,(H,17,20). The van der Waals surface area contributed by atoms with Gasteiger partial charge in [-0.1, -0.05) is 18.2 Å². The quantitative estimate of drug-likeness (QED) is 0.765. The summed E-state index contributed by atoms with van der Waals surface area (Å²) in [5, 5.41) is 2.72. The van der Waals surface area contributed by atoms with Crippen LogP contribution in [0, 0.1) is 0 Å². The Morgan fingerprint density at radius 1 is 1.35 bits per heavy atom. The lowest BCUT2D eigenvalue weighted by molar-refractivity contribution is -0.128. The topological polar surface area (TPSA) is 75.4 Å². The number of carbonyl (C=O) groups excluding carboxylic acids is 2. The van der Waals surface area contributed by atoms with Crippen LogP contribution in [0.1, 0.15) is 12.0 Å². The van der Waals surface area contributed by atoms with Crippen molar-refractivity contribution in [3.63, 3.8) is 0 Å². The Morgan fingerprint density at radius 2 is 1.95 bits per heavy atom. The second kappa shape index (κ2) is 7.45. The summed E-state index contributed by atoms with van der Waals surface area (Å²) in [6.07, 6.45) is 2.39. The number of amides is 2. The average Bonchev–Trinajstić information content (AvgIpc) is 2.41. The van der Waals surface area contributed by atoms with Gasteiger partial charge in [-0.2, -0.15) is 0 Å². The molecule has 1 unspecified atom stereocenters. The Morgan fingerprint density at radius 3 is 2.45 bits per heavy atom. The van der Waals surface area contributed by atoms with Crippen molar-refractivity contribution in [2.75, 3.05) is 19.4 Å². The third-order valence-electron chi connectivity index (χ3n) is 2.83. The van der Waals surface area contributed by atoms with Crippen molar-refractivity contribution in [3.05, 3.63) is 42.5 Å². The molecule has 20 heavy (non-hydrogen) atoms. The monoisotopic (exact) mass is 275 g/mol. The first-order valence-corrected chi connectivity index (χ1v) is 6.40. The number of nitrogens with zero attached hydrogens (tertiary/aromatic N) is 1. The highest BCUT2D eigenvalue weighted by Gasteiger charge is 2.11. The normalized spacial score (nSPS) is 11.6. The molecule has 0 fully saturated rings. The zero-order valence-electron chi connectivity index (χ0n) is 11.9. The third kappa shape index (κ3) is 4.85. The van der Waals surface area contributed by atoms with Gasteiger partial charge in [-0.3, -0.25) is 9.59 Å². The van der Waals surface area contributed by atoms with Gasteiger partial charge in [0.25, 0.3) is 0 Å². The Bertz CT molecular complexity index is 480. The molecular weight excluding hydrogens is 254 g/mol. The summed E-state index contributed by atoms with van der Waals surface area (Å²) in [6.45, 7) is 3.55. The number of nitrogens with one attached hydrogen (secondary N) is 1. The molecule has 0 aromatic heterocycles. The lowest BCUT2D eigenvalue weighted by atomic mass is 10.1. The predicted octanol–water partition coefficient (Wildman–Crippen LogP) is 1.16. The van der Waals surface area contributed by atoms with E-state index in [9.17, 15) is 9.59 Å². The highest BCUT2D eigenvalue weighted by atomic mass is 16.2. The summed E-state index contributed by atoms with van der Waals surface area (Å²) < 4.78 is 0. The van der Waals surface area contributed by atoms with Crippen LogP contribution in [0.5, 0.6) is 0 Å². The summed E-state index contributed by atoms with van der Waals surface area (Å²) >= 11 is 0. The molecule has 0 heterocycles. The van der Waals surface area contributed by atoms with Gasteiger partial charge in [-0.25, -0.2) is 0 Å². The van der Waals surface area contributed by atoms with Crippen LogP contribution in [0.15, 0.2) is 36.9 Å². The molecule has 1 atom stereocenters. The maximum atomic E-state index is 11.7. The van der Waals surface area contributed by atoms with E-state index in [4.69, 9.17) is 5.73 Å². The van der Waals surface area contributed by atoms with Gasteiger partial charge >= 0.3 is 0 Å². The van der Waals surface area contributed by atoms with Crippen LogP contribution in [-0.4, -0.2) is 36.9 Å². The summed E-state index contributed by atoms with van der Waals surface area (Å²) in [7, 11) is 3.44. The first kappa shape index (κ1) is 15.9. The Hall–Kier alpha value is -2.14. The molecule has 2 amide bonds. The van der Waals surface area contributed by atoms with E-state index in [0.29, 0.717) is 18.5 Å². The van der Waals surface area contributed by atoms with Crippen molar-refractivity contribution in [1.82, 2.24) is 4.90 Å². The highest BCUT2D eigenvalue weighted by Crippen LogP contribution is 2.11. The van der Waals surface area contributed by atoms with Crippen molar-refractivity contribution >= 4 is 17.5 Å². The second-order valence-electron chi connectivity index (χ2n) is 4.78. The van der Waals surface area contributed by atoms with Gasteiger partial charge in [0.1, 0.15) is 0 Å². The number of hydrogen-bond donors (Lipinski definition) is 2. The van der Waals surface area contributed by atoms with Gasteiger partial charge in [0.2, 0.25) is 11.8 Å². The zero-order valence-corrected chi connectivity index (χ0v) is 11.9. The molecule has 0 spiro atoms. The van der Waals surface area contributed by atoms with E-state index in [0.717, 1.165) is 5.56 Å². The minimum atomic E-state index is -0.595. The molecular formula is C15H21N3O2. The second-order valence-corrected chi connectivity index (χ2v) is 4.78. The van der Waals surface area contributed by atoms with E-state index in [1.165, 1.54) is 0 Å². The van der Waals surface area contributed by atoms with Crippen LogP contribution in [0.3, 0.4) is 0 Å². The van der Waals surface area contributed by atoms with E-state index in [1.54, 1.807) is 37.2 Å². The average molecular weight is 275 g/mol. The molecule has 3 N–H and O–H groups in total. The molecule has 1 rings (SSSR count). The summed E-state index contributed by atoms with van der Waals surface area (Å²) in [4.78, 5) is 24.8. The van der Waals surface area contributed by atoms with E-state index in [2.05, 4.69) is 11.9 Å². The van der Waals surface area contributed by atoms with Gasteiger partial charge in [0, 0.05) is 19.8 Å². The fraction of sp³-hybridized carbons (Fsp3) is 0.333. The lowest BCUT2D eigenvalue weighted by Crippen LogP contribution is -2.35. The first-order chi connectivity index (χ1) is 9.43. The number of rotatable bonds is 6. The number of likely N-dealkylation sites (N-methyl/N-ethyl adjacent to an activating group) is 1. The summed E-state index contributed by atoms with van der Waals surface area (Å²) in [5.74, 6) is -0.211. The lowest BCUT2D eigenvalue weighted by Gasteiger charge is -2.12. The molecule has 1 aromatic carbocycles. The van der Waals surface area contributed by atoms with Gasteiger partial charge in [0.05, 0.1) is 12.5 Å². The van der Waals surface area contributed by atoms with Crippen LogP contribution in [0.25, 0.3) is 0 Å². The van der Waals surface area contributed by atoms with E-state index >= 15 is 0 Å². The fourth-order valence-electron chi connectivity index (χ4n) is 1.56. The molecule has 0 saturated carbocycles. The number of nitrogens with two attached hydrogens (primary N) is 1. The molecule has 108 valence electrons. The number of hydrogen-bond acceptors (Lipinski definition) is 3. The van der Waals surface area contributed by atoms with Crippen molar-refractivity contribution in [1.29, 1.82) is 0 Å². The van der Waals surface area contributed by atoms with Crippen LogP contribution in [-0.2, 0) is 16.0 Å². The third-order valence-corrected chi connectivity index (χ3v) is 2.83. The van der Waals surface area contributed by atoms with Crippen LogP contribution in [0.4, 0.5) is 5.69 Å². The van der Waals surface area contributed by atoms with Gasteiger partial charge in [-0.15, -0.1) is 6.58 Å². The van der Waals surface area contributed by atoms with Crippen molar-refractivity contribution in [3.8, 4) is 0 Å². The molecule has 5 heteroatoms. The van der Waals surface area contributed by atoms with E-state index in [-0.39, 0.29) is 11.8 Å². The molecule has 0 radical (unpaired) electrons. The Kier molecular flexibility index (Phi) is 5.93. The minimum absolute atomic E-state index is 0.0368. The molecule has 0 aliphatic rings. The minimum Gasteiger partial charge on any atom is -0.349 e. The number of benzene rings is 1. The van der Waals surface area contributed by atoms with Crippen LogP contribution in [0.2, 0.25) is 0 Å². The maximum absolute atomic E-state index is 11.7. The van der Waals surface area contributed by atoms with Crippen LogP contribution < -0.4 is 11.1 Å². The summed E-state index contributed by atoms with van der Waals surface area (Å²) in [5.41, 5.74) is 7.23. The molecule has 0 saturated heterocycles. The Balaban J connectivity index is 2.60. The molecule has 0 aliphatic heterocycles. The summed E-state index contributed by atoms with van der Waals surface area (Å²) in [6, 6.07) is 6.56. The molecule has 0 aliphatic carbocycles. The Labute approximate surface area is 119 Å². The number of anilines is 1. The van der Waals surface area contributed by atoms with Gasteiger partial charge in [-0.05, 0) is 24.1 Å². The largest absolute Gasteiger partial charge is 0.349 e. The SMILES string of the molecule is C=CCC(N)C(=O)Nc1ccc(CC(=O)N(C)C)cc1. The van der Waals surface area contributed by atoms with Crippen molar-refractivity contribution < 1.29 is 9.59 Å². The van der Waals surface area contributed by atoms with Crippen LogP contribution >= 0.6 is 0 Å². The smallest absolute Gasteiger partial charge is 0.241 e. The molecule has 5 nitrogen and oxygen atoms in total. The highest BCUT2D eigenvalue weighted by molar-refractivity contribution is 5.94. The van der Waals surface area contributed by atoms with Crippen molar-refractivity contribution in [2.45, 2.75) is 18.9 Å². The zero-order chi connectivity index (χ0) is 15.1. The van der Waals surface area contributed by atoms with E-state index in [1.807, 2.05) is 12.1 Å². The van der Waals surface area contributed by atoms with Crippen molar-refractivity contribution in [2.24, 2.45) is 5.73 Å². The first-order valence-electron chi connectivity index (χ1n) is 6.40. The maximum Gasteiger partial charge on any atom is 0.241 e. The van der Waals surface area contributed by atoms with Gasteiger partial charge in [0.15, 0.2) is 0 Å². The molecule has 0 bridgehead atoms. The van der Waals surface area contributed by atoms with E-state index < -0.39 is 6.04 Å². The number of carbonyl (C=O) groups is 2. The molecule has 1 aromatic rings. The predicted molar refractivity (Wildman–Crippen MR) is 80.3 cm³/mol. The van der Waals surface area contributed by atoms with Gasteiger partial charge < -0.3 is 16.0 Å². The fourth-order valence-corrected chi connectivity index (χ4v) is 1.56.